The zero-order valence-corrected chi connectivity index (χ0v) is 19.2. The molecule has 1 heterocycles. The summed E-state index contributed by atoms with van der Waals surface area (Å²) in [6.07, 6.45) is -4.46. The summed E-state index contributed by atoms with van der Waals surface area (Å²) in [5.74, 6) is -1.70. The minimum atomic E-state index is -1.16. The maximum absolute atomic E-state index is 11.9. The van der Waals surface area contributed by atoms with Gasteiger partial charge in [0.05, 0.1) is 13.7 Å². The molecule has 1 amide bonds. The van der Waals surface area contributed by atoms with Gasteiger partial charge in [0.2, 0.25) is 5.91 Å². The van der Waals surface area contributed by atoms with E-state index in [-0.39, 0.29) is 13.2 Å². The molecule has 5 atom stereocenters. The van der Waals surface area contributed by atoms with Crippen LogP contribution in [-0.4, -0.2) is 68.2 Å². The average molecular weight is 467 g/mol. The van der Waals surface area contributed by atoms with Crippen LogP contribution < -0.4 is 10.1 Å². The van der Waals surface area contributed by atoms with Crippen LogP contribution in [0.3, 0.4) is 0 Å². The molecule has 1 saturated heterocycles. The Balaban J connectivity index is 2.33. The molecule has 0 radical (unpaired) electrons. The summed E-state index contributed by atoms with van der Waals surface area (Å²) in [6, 6.07) is 6.08. The summed E-state index contributed by atoms with van der Waals surface area (Å²) in [4.78, 5) is 46.9. The second-order valence-electron chi connectivity index (χ2n) is 7.38. The van der Waals surface area contributed by atoms with Gasteiger partial charge in [-0.3, -0.25) is 19.2 Å². The van der Waals surface area contributed by atoms with E-state index >= 15 is 0 Å². The molecule has 1 N–H and O–H groups in total. The molecule has 182 valence electrons. The van der Waals surface area contributed by atoms with Gasteiger partial charge in [0.1, 0.15) is 24.5 Å². The highest BCUT2D eigenvalue weighted by Gasteiger charge is 2.51. The Kier molecular flexibility index (Phi) is 9.61. The quantitative estimate of drug-likeness (QED) is 0.411. The van der Waals surface area contributed by atoms with E-state index in [0.717, 1.165) is 5.56 Å². The summed E-state index contributed by atoms with van der Waals surface area (Å²) in [6.45, 7) is 4.63. The highest BCUT2D eigenvalue weighted by atomic mass is 16.7. The summed E-state index contributed by atoms with van der Waals surface area (Å²) in [5, 5.41) is 2.65. The molecule has 0 saturated carbocycles. The third kappa shape index (κ3) is 8.03. The van der Waals surface area contributed by atoms with Gasteiger partial charge in [0, 0.05) is 27.7 Å². The molecule has 33 heavy (non-hydrogen) atoms. The standard InChI is InChI=1S/C22H29NO10/c1-12(24)23-19-21(32-15(4)27)20(31-14(3)26)18(11-29-13(2)25)33-22(19)30-10-16-6-8-17(28-5)9-7-16/h6-9,18-22H,10-11H2,1-5H3,(H,23,24)/t18-,19+,20-,21+,22-/m1/s1. The predicted octanol–water partition coefficient (Wildman–Crippen LogP) is 0.868. The van der Waals surface area contributed by atoms with Crippen LogP contribution in [-0.2, 0) is 49.5 Å². The van der Waals surface area contributed by atoms with E-state index in [1.54, 1.807) is 31.4 Å². The fraction of sp³-hybridized carbons (Fsp3) is 0.545. The molecule has 0 aliphatic carbocycles. The maximum atomic E-state index is 11.9. The van der Waals surface area contributed by atoms with E-state index in [2.05, 4.69) is 5.32 Å². The summed E-state index contributed by atoms with van der Waals surface area (Å²) < 4.78 is 32.8. The van der Waals surface area contributed by atoms with E-state index in [1.807, 2.05) is 0 Å². The summed E-state index contributed by atoms with van der Waals surface area (Å²) >= 11 is 0. The Morgan fingerprint density at radius 2 is 1.52 bits per heavy atom. The van der Waals surface area contributed by atoms with Crippen molar-refractivity contribution < 1.29 is 47.6 Å². The minimum Gasteiger partial charge on any atom is -0.497 e. The van der Waals surface area contributed by atoms with Crippen molar-refractivity contribution in [3.63, 3.8) is 0 Å². The third-order valence-corrected chi connectivity index (χ3v) is 4.64. The van der Waals surface area contributed by atoms with Crippen LogP contribution in [0.1, 0.15) is 33.3 Å². The second-order valence-corrected chi connectivity index (χ2v) is 7.38. The van der Waals surface area contributed by atoms with Gasteiger partial charge in [-0.1, -0.05) is 12.1 Å². The van der Waals surface area contributed by atoms with Crippen LogP contribution in [0.25, 0.3) is 0 Å². The van der Waals surface area contributed by atoms with Crippen LogP contribution in [0, 0.1) is 0 Å². The smallest absolute Gasteiger partial charge is 0.303 e. The van der Waals surface area contributed by atoms with Crippen LogP contribution in [0.4, 0.5) is 0 Å². The number of rotatable bonds is 9. The molecule has 1 aliphatic rings. The first-order chi connectivity index (χ1) is 15.6. The SMILES string of the molecule is COc1ccc(CO[C@@H]2O[C@H](COC(C)=O)[C@@H](OC(C)=O)[C@@H](OC(C)=O)[C@@H]2NC(C)=O)cc1. The monoisotopic (exact) mass is 467 g/mol. The zero-order chi connectivity index (χ0) is 24.5. The lowest BCUT2D eigenvalue weighted by atomic mass is 9.96. The van der Waals surface area contributed by atoms with Crippen molar-refractivity contribution in [2.75, 3.05) is 13.7 Å². The Morgan fingerprint density at radius 1 is 0.909 bits per heavy atom. The molecule has 1 aromatic carbocycles. The topological polar surface area (TPSA) is 136 Å². The van der Waals surface area contributed by atoms with Crippen LogP contribution in [0.2, 0.25) is 0 Å². The molecule has 0 spiro atoms. The van der Waals surface area contributed by atoms with Crippen molar-refractivity contribution >= 4 is 23.8 Å². The molecule has 0 unspecified atom stereocenters. The highest BCUT2D eigenvalue weighted by Crippen LogP contribution is 2.28. The van der Waals surface area contributed by atoms with Gasteiger partial charge in [0.15, 0.2) is 18.5 Å². The number of hydrogen-bond donors (Lipinski definition) is 1. The Bertz CT molecular complexity index is 840. The zero-order valence-electron chi connectivity index (χ0n) is 19.2. The van der Waals surface area contributed by atoms with E-state index < -0.39 is 54.5 Å². The van der Waals surface area contributed by atoms with Crippen LogP contribution in [0.5, 0.6) is 5.75 Å². The van der Waals surface area contributed by atoms with Gasteiger partial charge in [-0.15, -0.1) is 0 Å². The van der Waals surface area contributed by atoms with Crippen molar-refractivity contribution in [1.29, 1.82) is 0 Å². The maximum Gasteiger partial charge on any atom is 0.303 e. The number of nitrogens with one attached hydrogen (secondary N) is 1. The minimum absolute atomic E-state index is 0.0794. The second kappa shape index (κ2) is 12.2. The van der Waals surface area contributed by atoms with Crippen molar-refractivity contribution in [3.05, 3.63) is 29.8 Å². The fourth-order valence-corrected chi connectivity index (χ4v) is 3.33. The fourth-order valence-electron chi connectivity index (χ4n) is 3.33. The van der Waals surface area contributed by atoms with Crippen molar-refractivity contribution in [1.82, 2.24) is 5.32 Å². The largest absolute Gasteiger partial charge is 0.497 e. The summed E-state index contributed by atoms with van der Waals surface area (Å²) in [5.41, 5.74) is 0.781. The molecule has 2 rings (SSSR count). The van der Waals surface area contributed by atoms with E-state index in [1.165, 1.54) is 27.7 Å². The number of benzene rings is 1. The molecular formula is C22H29NO10. The lowest BCUT2D eigenvalue weighted by molar-refractivity contribution is -0.280. The lowest BCUT2D eigenvalue weighted by Gasteiger charge is -2.44. The molecule has 1 aromatic rings. The highest BCUT2D eigenvalue weighted by molar-refractivity contribution is 5.73. The van der Waals surface area contributed by atoms with Gasteiger partial charge in [-0.25, -0.2) is 0 Å². The number of amides is 1. The van der Waals surface area contributed by atoms with Gasteiger partial charge in [0.25, 0.3) is 0 Å². The first-order valence-corrected chi connectivity index (χ1v) is 10.3. The van der Waals surface area contributed by atoms with Crippen molar-refractivity contribution in [2.24, 2.45) is 0 Å². The van der Waals surface area contributed by atoms with E-state index in [9.17, 15) is 19.2 Å². The van der Waals surface area contributed by atoms with Crippen molar-refractivity contribution in [2.45, 2.75) is 64.9 Å². The molecule has 1 fully saturated rings. The number of carbonyl (C=O) groups excluding carboxylic acids is 4. The van der Waals surface area contributed by atoms with Crippen molar-refractivity contribution in [3.8, 4) is 5.75 Å². The first-order valence-electron chi connectivity index (χ1n) is 10.3. The number of ether oxygens (including phenoxy) is 6. The number of esters is 3. The normalized spacial score (nSPS) is 24.3. The van der Waals surface area contributed by atoms with Gasteiger partial charge in [-0.2, -0.15) is 0 Å². The average Bonchev–Trinajstić information content (AvgIpc) is 2.73. The Morgan fingerprint density at radius 3 is 2.03 bits per heavy atom. The molecule has 11 heteroatoms. The van der Waals surface area contributed by atoms with Gasteiger partial charge in [-0.05, 0) is 17.7 Å². The molecule has 0 aromatic heterocycles. The molecule has 11 nitrogen and oxygen atoms in total. The summed E-state index contributed by atoms with van der Waals surface area (Å²) in [7, 11) is 1.55. The predicted molar refractivity (Wildman–Crippen MR) is 112 cm³/mol. The molecule has 1 aliphatic heterocycles. The lowest BCUT2D eigenvalue weighted by Crippen LogP contribution is -2.66. The molecule has 0 bridgehead atoms. The van der Waals surface area contributed by atoms with E-state index in [4.69, 9.17) is 28.4 Å². The Hall–Kier alpha value is -3.18. The number of methoxy groups -OCH3 is 1. The van der Waals surface area contributed by atoms with Gasteiger partial charge >= 0.3 is 17.9 Å². The third-order valence-electron chi connectivity index (χ3n) is 4.64. The van der Waals surface area contributed by atoms with Crippen LogP contribution >= 0.6 is 0 Å². The van der Waals surface area contributed by atoms with E-state index in [0.29, 0.717) is 5.75 Å². The van der Waals surface area contributed by atoms with Crippen LogP contribution in [0.15, 0.2) is 24.3 Å². The first kappa shape index (κ1) is 26.1. The number of carbonyl (C=O) groups is 4. The Labute approximate surface area is 191 Å². The molecular weight excluding hydrogens is 438 g/mol. The van der Waals surface area contributed by atoms with Gasteiger partial charge < -0.3 is 33.7 Å². The number of hydrogen-bond acceptors (Lipinski definition) is 10.